The van der Waals surface area contributed by atoms with E-state index in [2.05, 4.69) is 4.98 Å². The van der Waals surface area contributed by atoms with Crippen LogP contribution in [-0.2, 0) is 10.7 Å². The maximum Gasteiger partial charge on any atom is 0.245 e. The highest BCUT2D eigenvalue weighted by Gasteiger charge is 2.27. The van der Waals surface area contributed by atoms with Gasteiger partial charge in [-0.3, -0.25) is 4.79 Å². The molecule has 1 aliphatic heterocycles. The molecule has 1 saturated heterocycles. The predicted molar refractivity (Wildman–Crippen MR) is 79.8 cm³/mol. The van der Waals surface area contributed by atoms with Crippen LogP contribution in [0.4, 0.5) is 4.39 Å². The van der Waals surface area contributed by atoms with Gasteiger partial charge < -0.3 is 9.47 Å². The van der Waals surface area contributed by atoms with Crippen molar-refractivity contribution in [2.45, 2.75) is 31.7 Å². The molecule has 2 heterocycles. The fourth-order valence-corrected chi connectivity index (χ4v) is 3.16. The van der Waals surface area contributed by atoms with Crippen molar-refractivity contribution in [3.63, 3.8) is 0 Å². The van der Waals surface area contributed by atoms with Crippen LogP contribution in [-0.4, -0.2) is 33.4 Å². The number of hydrogen-bond donors (Lipinski definition) is 0. The first kappa shape index (κ1) is 14.3. The van der Waals surface area contributed by atoms with Gasteiger partial charge in [0.2, 0.25) is 5.91 Å². The number of imidazole rings is 1. The van der Waals surface area contributed by atoms with Crippen molar-refractivity contribution in [2.24, 2.45) is 0 Å². The summed E-state index contributed by atoms with van der Waals surface area (Å²) in [5.74, 6) is 0.323. The fraction of sp³-hybridized carbons (Fsp3) is 0.467. The average Bonchev–Trinajstić information content (AvgIpc) is 3.13. The minimum atomic E-state index is -0.427. The standard InChI is InChI=1S/C15H17ClFN3O/c1-10(15(21)19-7-2-3-8-19)20-12-6-4-5-11(17)14(12)18-13(20)9-16/h4-6,10H,2-3,7-9H2,1H3. The zero-order valence-electron chi connectivity index (χ0n) is 11.9. The van der Waals surface area contributed by atoms with Gasteiger partial charge in [-0.25, -0.2) is 9.37 Å². The van der Waals surface area contributed by atoms with E-state index >= 15 is 0 Å². The average molecular weight is 310 g/mol. The summed E-state index contributed by atoms with van der Waals surface area (Å²) in [6.07, 6.45) is 2.08. The second-order valence-corrected chi connectivity index (χ2v) is 5.61. The Kier molecular flexibility index (Phi) is 3.85. The van der Waals surface area contributed by atoms with Gasteiger partial charge in [-0.2, -0.15) is 0 Å². The second-order valence-electron chi connectivity index (χ2n) is 5.35. The number of amides is 1. The van der Waals surface area contributed by atoms with Crippen molar-refractivity contribution in [3.8, 4) is 0 Å². The smallest absolute Gasteiger partial charge is 0.245 e. The Morgan fingerprint density at radius 2 is 2.14 bits per heavy atom. The number of hydrogen-bond acceptors (Lipinski definition) is 2. The number of carbonyl (C=O) groups is 1. The molecule has 0 spiro atoms. The van der Waals surface area contributed by atoms with Crippen LogP contribution in [0, 0.1) is 5.82 Å². The minimum absolute atomic E-state index is 0.0439. The largest absolute Gasteiger partial charge is 0.341 e. The van der Waals surface area contributed by atoms with Gasteiger partial charge in [-0.1, -0.05) is 6.07 Å². The lowest BCUT2D eigenvalue weighted by molar-refractivity contribution is -0.133. The van der Waals surface area contributed by atoms with Crippen molar-refractivity contribution >= 4 is 28.5 Å². The maximum absolute atomic E-state index is 13.9. The minimum Gasteiger partial charge on any atom is -0.341 e. The van der Waals surface area contributed by atoms with Gasteiger partial charge in [0.05, 0.1) is 11.4 Å². The molecule has 1 fully saturated rings. The van der Waals surface area contributed by atoms with Crippen LogP contribution in [0.25, 0.3) is 11.0 Å². The molecule has 1 unspecified atom stereocenters. The molecule has 3 rings (SSSR count). The summed E-state index contributed by atoms with van der Waals surface area (Å²) in [5.41, 5.74) is 0.889. The molecule has 1 aliphatic rings. The Hall–Kier alpha value is -1.62. The number of alkyl halides is 1. The van der Waals surface area contributed by atoms with Crippen molar-refractivity contribution in [3.05, 3.63) is 29.8 Å². The summed E-state index contributed by atoms with van der Waals surface area (Å²) in [5, 5.41) is 0. The summed E-state index contributed by atoms with van der Waals surface area (Å²) >= 11 is 5.93. The molecule has 21 heavy (non-hydrogen) atoms. The van der Waals surface area contributed by atoms with Gasteiger partial charge >= 0.3 is 0 Å². The first-order chi connectivity index (χ1) is 10.1. The van der Waals surface area contributed by atoms with Crippen LogP contribution >= 0.6 is 11.6 Å². The Bertz CT molecular complexity index is 679. The van der Waals surface area contributed by atoms with Gasteiger partial charge in [-0.15, -0.1) is 11.6 Å². The highest BCUT2D eigenvalue weighted by Crippen LogP contribution is 2.26. The topological polar surface area (TPSA) is 38.1 Å². The lowest BCUT2D eigenvalue weighted by atomic mass is 10.2. The van der Waals surface area contributed by atoms with Crippen LogP contribution in [0.15, 0.2) is 18.2 Å². The van der Waals surface area contributed by atoms with Gasteiger partial charge in [0, 0.05) is 13.1 Å². The van der Waals surface area contributed by atoms with Crippen LogP contribution in [0.5, 0.6) is 0 Å². The molecule has 2 aromatic rings. The molecule has 1 aromatic heterocycles. The fourth-order valence-electron chi connectivity index (χ4n) is 2.97. The van der Waals surface area contributed by atoms with Gasteiger partial charge in [0.25, 0.3) is 0 Å². The van der Waals surface area contributed by atoms with Crippen molar-refractivity contribution < 1.29 is 9.18 Å². The monoisotopic (exact) mass is 309 g/mol. The van der Waals surface area contributed by atoms with Crippen molar-refractivity contribution in [1.82, 2.24) is 14.5 Å². The first-order valence-electron chi connectivity index (χ1n) is 7.13. The number of fused-ring (bicyclic) bond motifs is 1. The second kappa shape index (κ2) is 5.64. The van der Waals surface area contributed by atoms with Crippen LogP contribution in [0.1, 0.15) is 31.6 Å². The van der Waals surface area contributed by atoms with Crippen LogP contribution in [0.2, 0.25) is 0 Å². The number of aromatic nitrogens is 2. The summed E-state index contributed by atoms with van der Waals surface area (Å²) in [4.78, 5) is 18.7. The van der Waals surface area contributed by atoms with Gasteiger partial charge in [0.1, 0.15) is 17.4 Å². The molecule has 0 N–H and O–H groups in total. The number of para-hydroxylation sites is 1. The number of rotatable bonds is 3. The van der Waals surface area contributed by atoms with Gasteiger partial charge in [0.15, 0.2) is 5.82 Å². The number of halogens is 2. The highest BCUT2D eigenvalue weighted by atomic mass is 35.5. The SMILES string of the molecule is CC(C(=O)N1CCCC1)n1c(CCl)nc2c(F)cccc21. The summed E-state index contributed by atoms with van der Waals surface area (Å²) in [6.45, 7) is 3.41. The van der Waals surface area contributed by atoms with E-state index in [0.717, 1.165) is 25.9 Å². The summed E-state index contributed by atoms with van der Waals surface area (Å²) < 4.78 is 15.6. The quantitative estimate of drug-likeness (QED) is 0.817. The normalized spacial score (nSPS) is 16.6. The molecule has 112 valence electrons. The zero-order valence-corrected chi connectivity index (χ0v) is 12.6. The molecule has 0 radical (unpaired) electrons. The predicted octanol–water partition coefficient (Wildman–Crippen LogP) is 3.10. The molecule has 0 saturated carbocycles. The zero-order chi connectivity index (χ0) is 15.0. The third-order valence-corrected chi connectivity index (χ3v) is 4.26. The third-order valence-electron chi connectivity index (χ3n) is 4.03. The molecule has 4 nitrogen and oxygen atoms in total. The van der Waals surface area contributed by atoms with E-state index in [1.807, 2.05) is 11.8 Å². The molecule has 6 heteroatoms. The molecule has 0 aliphatic carbocycles. The van der Waals surface area contributed by atoms with Crippen molar-refractivity contribution in [1.29, 1.82) is 0 Å². The van der Waals surface area contributed by atoms with Gasteiger partial charge in [-0.05, 0) is 31.9 Å². The van der Waals surface area contributed by atoms with E-state index < -0.39 is 11.9 Å². The van der Waals surface area contributed by atoms with E-state index in [4.69, 9.17) is 11.6 Å². The number of likely N-dealkylation sites (tertiary alicyclic amines) is 1. The third kappa shape index (κ3) is 2.39. The lowest BCUT2D eigenvalue weighted by Gasteiger charge is -2.22. The first-order valence-corrected chi connectivity index (χ1v) is 7.67. The highest BCUT2D eigenvalue weighted by molar-refractivity contribution is 6.17. The lowest BCUT2D eigenvalue weighted by Crippen LogP contribution is -2.34. The van der Waals surface area contributed by atoms with E-state index in [0.29, 0.717) is 11.3 Å². The molecule has 1 amide bonds. The number of nitrogens with zero attached hydrogens (tertiary/aromatic N) is 3. The van der Waals surface area contributed by atoms with Crippen LogP contribution in [0.3, 0.4) is 0 Å². The van der Waals surface area contributed by atoms with E-state index in [-0.39, 0.29) is 17.3 Å². The summed E-state index contributed by atoms with van der Waals surface area (Å²) in [7, 11) is 0. The summed E-state index contributed by atoms with van der Waals surface area (Å²) in [6, 6.07) is 4.34. The molecule has 1 aromatic carbocycles. The molecular weight excluding hydrogens is 293 g/mol. The Morgan fingerprint density at radius 3 is 2.81 bits per heavy atom. The Labute approximate surface area is 127 Å². The maximum atomic E-state index is 13.9. The Balaban J connectivity index is 2.05. The van der Waals surface area contributed by atoms with E-state index in [1.165, 1.54) is 6.07 Å². The van der Waals surface area contributed by atoms with E-state index in [1.54, 1.807) is 16.7 Å². The number of benzene rings is 1. The number of carbonyl (C=O) groups excluding carboxylic acids is 1. The van der Waals surface area contributed by atoms with E-state index in [9.17, 15) is 9.18 Å². The molecule has 0 bridgehead atoms. The molecule has 1 atom stereocenters. The van der Waals surface area contributed by atoms with Crippen LogP contribution < -0.4 is 0 Å². The molecular formula is C15H17ClFN3O. The van der Waals surface area contributed by atoms with Crippen molar-refractivity contribution in [2.75, 3.05) is 13.1 Å². The Morgan fingerprint density at radius 1 is 1.43 bits per heavy atom.